The predicted octanol–water partition coefficient (Wildman–Crippen LogP) is 3.47. The van der Waals surface area contributed by atoms with Gasteiger partial charge in [-0.1, -0.05) is 0 Å². The second-order valence-corrected chi connectivity index (χ2v) is 4.30. The van der Waals surface area contributed by atoms with Gasteiger partial charge < -0.3 is 9.84 Å². The zero-order valence-corrected chi connectivity index (χ0v) is 10.1. The molecule has 0 amide bonds. The number of hydrogen-bond acceptors (Lipinski definition) is 4. The molecule has 0 aliphatic heterocycles. The number of hydrogen-bond donors (Lipinski definition) is 1. The fourth-order valence-electron chi connectivity index (χ4n) is 1.22. The molecule has 0 saturated heterocycles. The van der Waals surface area contributed by atoms with Crippen molar-refractivity contribution in [2.75, 3.05) is 0 Å². The van der Waals surface area contributed by atoms with Crippen molar-refractivity contribution in [3.8, 4) is 11.8 Å². The van der Waals surface area contributed by atoms with E-state index in [1.807, 2.05) is 0 Å². The van der Waals surface area contributed by atoms with Gasteiger partial charge in [-0.2, -0.15) is 27.2 Å². The third kappa shape index (κ3) is 4.27. The third-order valence-electron chi connectivity index (χ3n) is 1.87. The van der Waals surface area contributed by atoms with E-state index in [0.717, 1.165) is 0 Å². The van der Waals surface area contributed by atoms with Gasteiger partial charge in [-0.05, 0) is 23.9 Å². The highest BCUT2D eigenvalue weighted by molar-refractivity contribution is 8.00. The summed E-state index contributed by atoms with van der Waals surface area (Å²) in [6.45, 7) is -3.41. The Morgan fingerprint density at radius 2 is 2.00 bits per heavy atom. The molecule has 10 heteroatoms. The Morgan fingerprint density at radius 3 is 2.40 bits per heavy atom. The second kappa shape index (κ2) is 5.96. The topological polar surface area (TPSA) is 70.3 Å². The summed E-state index contributed by atoms with van der Waals surface area (Å²) >= 11 is -0.786. The number of thioether (sulfide) groups is 1. The normalized spacial score (nSPS) is 11.2. The molecule has 108 valence electrons. The molecule has 1 rings (SSSR count). The lowest BCUT2D eigenvalue weighted by Gasteiger charge is -2.12. The minimum absolute atomic E-state index is 0.563. The van der Waals surface area contributed by atoms with E-state index in [4.69, 9.17) is 10.4 Å². The Balaban J connectivity index is 3.43. The molecule has 20 heavy (non-hydrogen) atoms. The van der Waals surface area contributed by atoms with Crippen molar-refractivity contribution >= 4 is 17.7 Å². The fraction of sp³-hybridized carbons (Fsp3) is 0.200. The van der Waals surface area contributed by atoms with Gasteiger partial charge in [0.25, 0.3) is 0 Å². The van der Waals surface area contributed by atoms with E-state index in [-0.39, 0.29) is 0 Å². The van der Waals surface area contributed by atoms with Crippen LogP contribution in [-0.2, 0) is 0 Å². The average molecular weight is 313 g/mol. The number of carboxylic acids is 1. The van der Waals surface area contributed by atoms with Crippen LogP contribution in [0.25, 0.3) is 0 Å². The van der Waals surface area contributed by atoms with Gasteiger partial charge in [-0.3, -0.25) is 0 Å². The van der Waals surface area contributed by atoms with E-state index in [0.29, 0.717) is 12.1 Å². The molecule has 4 nitrogen and oxygen atoms in total. The Morgan fingerprint density at radius 1 is 1.40 bits per heavy atom. The summed E-state index contributed by atoms with van der Waals surface area (Å²) in [5.74, 6) is -2.56. The van der Waals surface area contributed by atoms with Crippen molar-refractivity contribution in [2.45, 2.75) is 17.0 Å². The summed E-state index contributed by atoms with van der Waals surface area (Å²) in [5, 5.41) is 17.4. The fourth-order valence-corrected chi connectivity index (χ4v) is 1.90. The summed E-state index contributed by atoms with van der Waals surface area (Å²) in [5.41, 5.74) is -6.32. The monoisotopic (exact) mass is 313 g/mol. The van der Waals surface area contributed by atoms with E-state index < -0.39 is 51.6 Å². The quantitative estimate of drug-likeness (QED) is 0.681. The highest BCUT2D eigenvalue weighted by atomic mass is 32.2. The lowest BCUT2D eigenvalue weighted by atomic mass is 10.1. The molecule has 0 unspecified atom stereocenters. The van der Waals surface area contributed by atoms with Crippen LogP contribution in [0.15, 0.2) is 17.0 Å². The van der Waals surface area contributed by atoms with Crippen LogP contribution in [0, 0.1) is 11.3 Å². The smallest absolute Gasteiger partial charge is 0.446 e. The number of halogens is 5. The van der Waals surface area contributed by atoms with Gasteiger partial charge in [-0.15, -0.1) is 0 Å². The number of aromatic carboxylic acids is 1. The summed E-state index contributed by atoms with van der Waals surface area (Å²) in [6, 6.07) is 2.42. The molecule has 0 fully saturated rings. The first kappa shape index (κ1) is 16.0. The number of alkyl halides is 5. The molecule has 0 spiro atoms. The van der Waals surface area contributed by atoms with Gasteiger partial charge in [0.05, 0.1) is 5.56 Å². The van der Waals surface area contributed by atoms with Crippen molar-refractivity contribution in [3.63, 3.8) is 0 Å². The first-order chi connectivity index (χ1) is 9.14. The highest BCUT2D eigenvalue weighted by Crippen LogP contribution is 2.41. The van der Waals surface area contributed by atoms with E-state index in [2.05, 4.69) is 4.74 Å². The molecule has 0 radical (unpaired) electrons. The SMILES string of the molecule is N#Cc1c(OC(F)F)cc(C(=O)O)cc1SC(F)(F)F. The van der Waals surface area contributed by atoms with E-state index >= 15 is 0 Å². The molecule has 0 aromatic heterocycles. The van der Waals surface area contributed by atoms with Crippen molar-refractivity contribution in [2.24, 2.45) is 0 Å². The number of carboxylic acid groups (broad SMARTS) is 1. The Kier molecular flexibility index (Phi) is 4.78. The number of carbonyl (C=O) groups is 1. The standard InChI is InChI=1S/C10H4F5NO3S/c11-9(12)19-6-1-4(8(17)18)2-7(5(6)3-16)20-10(13,14)15/h1-2,9H,(H,17,18). The van der Waals surface area contributed by atoms with Gasteiger partial charge in [0.15, 0.2) is 0 Å². The summed E-state index contributed by atoms with van der Waals surface area (Å²) in [4.78, 5) is 9.92. The predicted molar refractivity (Wildman–Crippen MR) is 56.7 cm³/mol. The minimum atomic E-state index is -4.81. The number of benzene rings is 1. The van der Waals surface area contributed by atoms with Crippen LogP contribution in [0.1, 0.15) is 15.9 Å². The van der Waals surface area contributed by atoms with Crippen LogP contribution in [-0.4, -0.2) is 23.2 Å². The largest absolute Gasteiger partial charge is 0.478 e. The van der Waals surface area contributed by atoms with Crippen LogP contribution in [0.2, 0.25) is 0 Å². The van der Waals surface area contributed by atoms with Crippen molar-refractivity contribution in [3.05, 3.63) is 23.3 Å². The highest BCUT2D eigenvalue weighted by Gasteiger charge is 2.32. The average Bonchev–Trinajstić information content (AvgIpc) is 2.25. The van der Waals surface area contributed by atoms with Crippen LogP contribution in [0.5, 0.6) is 5.75 Å². The molecular formula is C10H4F5NO3S. The zero-order valence-electron chi connectivity index (χ0n) is 9.24. The number of rotatable bonds is 4. The van der Waals surface area contributed by atoms with Gasteiger partial charge in [-0.25, -0.2) is 4.79 Å². The lowest BCUT2D eigenvalue weighted by molar-refractivity contribution is -0.0502. The molecule has 0 bridgehead atoms. The Hall–Kier alpha value is -2.02. The van der Waals surface area contributed by atoms with Gasteiger partial charge in [0, 0.05) is 4.90 Å². The van der Waals surface area contributed by atoms with Crippen LogP contribution < -0.4 is 4.74 Å². The van der Waals surface area contributed by atoms with Gasteiger partial charge >= 0.3 is 18.1 Å². The summed E-state index contributed by atoms with van der Waals surface area (Å²) in [6.07, 6.45) is 0. The first-order valence-corrected chi connectivity index (χ1v) is 5.47. The van der Waals surface area contributed by atoms with E-state index in [1.165, 1.54) is 6.07 Å². The van der Waals surface area contributed by atoms with Gasteiger partial charge in [0.2, 0.25) is 0 Å². The molecule has 0 aliphatic carbocycles. The first-order valence-electron chi connectivity index (χ1n) is 4.66. The van der Waals surface area contributed by atoms with Crippen molar-refractivity contribution in [1.82, 2.24) is 0 Å². The maximum Gasteiger partial charge on any atom is 0.446 e. The van der Waals surface area contributed by atoms with Crippen LogP contribution >= 0.6 is 11.8 Å². The molecule has 1 aromatic rings. The minimum Gasteiger partial charge on any atom is -0.478 e. The molecule has 0 aliphatic rings. The summed E-state index contributed by atoms with van der Waals surface area (Å²) in [7, 11) is 0. The van der Waals surface area contributed by atoms with Crippen molar-refractivity contribution < 1.29 is 36.6 Å². The molecule has 0 heterocycles. The van der Waals surface area contributed by atoms with E-state index in [1.54, 1.807) is 0 Å². The van der Waals surface area contributed by atoms with Crippen LogP contribution in [0.4, 0.5) is 22.0 Å². The zero-order chi connectivity index (χ0) is 15.5. The number of nitriles is 1. The van der Waals surface area contributed by atoms with Crippen LogP contribution in [0.3, 0.4) is 0 Å². The number of nitrogens with zero attached hydrogens (tertiary/aromatic N) is 1. The molecular weight excluding hydrogens is 309 g/mol. The van der Waals surface area contributed by atoms with Crippen molar-refractivity contribution in [1.29, 1.82) is 5.26 Å². The maximum absolute atomic E-state index is 12.3. The lowest BCUT2D eigenvalue weighted by Crippen LogP contribution is -2.08. The Labute approximate surface area is 112 Å². The third-order valence-corrected chi connectivity index (χ3v) is 2.64. The second-order valence-electron chi connectivity index (χ2n) is 3.19. The molecule has 1 N–H and O–H groups in total. The van der Waals surface area contributed by atoms with E-state index in [9.17, 15) is 26.7 Å². The number of ether oxygens (including phenoxy) is 1. The van der Waals surface area contributed by atoms with Gasteiger partial charge in [0.1, 0.15) is 17.4 Å². The Bertz CT molecular complexity index is 567. The molecule has 0 saturated carbocycles. The molecule has 1 aromatic carbocycles. The molecule has 0 atom stereocenters. The maximum atomic E-state index is 12.3. The summed E-state index contributed by atoms with van der Waals surface area (Å²) < 4.78 is 65.1.